The van der Waals surface area contributed by atoms with Gasteiger partial charge < -0.3 is 20.1 Å². The molecule has 5 nitrogen and oxygen atoms in total. The molecule has 1 fully saturated rings. The van der Waals surface area contributed by atoms with Crippen LogP contribution >= 0.6 is 0 Å². The van der Waals surface area contributed by atoms with Crippen LogP contribution in [0.2, 0.25) is 0 Å². The van der Waals surface area contributed by atoms with Crippen molar-refractivity contribution in [1.29, 1.82) is 0 Å². The second kappa shape index (κ2) is 10.6. The van der Waals surface area contributed by atoms with E-state index in [0.717, 1.165) is 49.7 Å². The Kier molecular flexibility index (Phi) is 8.65. The number of carbonyl (C=O) groups is 1. The molecule has 2 rings (SSSR count). The Morgan fingerprint density at radius 3 is 2.67 bits per heavy atom. The van der Waals surface area contributed by atoms with E-state index < -0.39 is 17.7 Å². The number of aliphatic hydroxyl groups is 3. The highest BCUT2D eigenvalue weighted by molar-refractivity contribution is 5.85. The number of hydrogen-bond donors (Lipinski definition) is 3. The molecule has 3 N–H and O–H groups in total. The predicted molar refractivity (Wildman–Crippen MR) is 119 cm³/mol. The molecule has 1 aliphatic heterocycles. The molecule has 5 heteroatoms. The monoisotopic (exact) mass is 418 g/mol. The SMILES string of the molecule is C=C1CCCC(C)(C)C1(O)CCC(C)=CCCC(=CCC1OC(=O)C=C1CO)CO. The second-order valence-electron chi connectivity index (χ2n) is 9.35. The standard InChI is InChI=1S/C25H38O5/c1-18(12-14-25(29)19(2)8-6-13-24(25,3)4)7-5-9-20(16-26)10-11-22-21(17-27)15-23(28)30-22/h7,10,15,22,26-27,29H,2,5-6,8-9,11-14,16-17H2,1,3-4H3. The van der Waals surface area contributed by atoms with E-state index in [9.17, 15) is 20.1 Å². The Hall–Kier alpha value is -1.69. The zero-order valence-electron chi connectivity index (χ0n) is 18.7. The van der Waals surface area contributed by atoms with Crippen molar-refractivity contribution in [1.82, 2.24) is 0 Å². The van der Waals surface area contributed by atoms with Crippen LogP contribution in [0.3, 0.4) is 0 Å². The maximum atomic E-state index is 11.3. The summed E-state index contributed by atoms with van der Waals surface area (Å²) >= 11 is 0. The largest absolute Gasteiger partial charge is 0.454 e. The number of hydrogen-bond acceptors (Lipinski definition) is 5. The smallest absolute Gasteiger partial charge is 0.331 e. The Morgan fingerprint density at radius 1 is 1.30 bits per heavy atom. The van der Waals surface area contributed by atoms with Crippen molar-refractivity contribution in [3.8, 4) is 0 Å². The molecule has 0 aromatic carbocycles. The molecular weight excluding hydrogens is 380 g/mol. The third-order valence-corrected chi connectivity index (χ3v) is 6.81. The fourth-order valence-corrected chi connectivity index (χ4v) is 4.50. The molecule has 0 bridgehead atoms. The van der Waals surface area contributed by atoms with Gasteiger partial charge in [0.15, 0.2) is 0 Å². The molecule has 1 heterocycles. The van der Waals surface area contributed by atoms with Crippen LogP contribution in [0.25, 0.3) is 0 Å². The van der Waals surface area contributed by atoms with Crippen LogP contribution in [0.15, 0.2) is 47.1 Å². The van der Waals surface area contributed by atoms with Gasteiger partial charge in [-0.05, 0) is 68.4 Å². The number of esters is 1. The zero-order valence-corrected chi connectivity index (χ0v) is 18.7. The van der Waals surface area contributed by atoms with E-state index in [4.69, 9.17) is 4.74 Å². The van der Waals surface area contributed by atoms with Crippen molar-refractivity contribution in [2.45, 2.75) is 83.8 Å². The molecule has 0 saturated heterocycles. The summed E-state index contributed by atoms with van der Waals surface area (Å²) < 4.78 is 5.17. The summed E-state index contributed by atoms with van der Waals surface area (Å²) in [6, 6.07) is 0. The highest BCUT2D eigenvalue weighted by Crippen LogP contribution is 2.49. The number of cyclic esters (lactones) is 1. The van der Waals surface area contributed by atoms with Gasteiger partial charge in [0.2, 0.25) is 0 Å². The fourth-order valence-electron chi connectivity index (χ4n) is 4.50. The molecule has 168 valence electrons. The molecule has 1 aliphatic carbocycles. The minimum atomic E-state index is -0.812. The van der Waals surface area contributed by atoms with Gasteiger partial charge in [0.25, 0.3) is 0 Å². The van der Waals surface area contributed by atoms with E-state index in [1.165, 1.54) is 11.6 Å². The minimum Gasteiger partial charge on any atom is -0.454 e. The Labute approximate surface area is 180 Å². The fraction of sp³-hybridized carbons (Fsp3) is 0.640. The summed E-state index contributed by atoms with van der Waals surface area (Å²) in [6.45, 7) is 10.3. The molecule has 2 aliphatic rings. The Balaban J connectivity index is 1.85. The summed E-state index contributed by atoms with van der Waals surface area (Å²) in [5, 5.41) is 30.2. The van der Waals surface area contributed by atoms with Crippen LogP contribution in [-0.4, -0.2) is 46.2 Å². The lowest BCUT2D eigenvalue weighted by molar-refractivity contribution is -0.138. The number of allylic oxidation sites excluding steroid dienone is 2. The average Bonchev–Trinajstić information content (AvgIpc) is 3.06. The third kappa shape index (κ3) is 5.93. The molecule has 0 aromatic heterocycles. The van der Waals surface area contributed by atoms with Gasteiger partial charge in [-0.15, -0.1) is 0 Å². The first-order valence-corrected chi connectivity index (χ1v) is 11.0. The van der Waals surface area contributed by atoms with Gasteiger partial charge in [-0.3, -0.25) is 0 Å². The highest BCUT2D eigenvalue weighted by Gasteiger charge is 2.46. The second-order valence-corrected chi connectivity index (χ2v) is 9.35. The zero-order chi connectivity index (χ0) is 22.4. The Bertz CT molecular complexity index is 728. The van der Waals surface area contributed by atoms with E-state index in [1.807, 2.05) is 6.08 Å². The molecule has 1 saturated carbocycles. The lowest BCUT2D eigenvalue weighted by atomic mass is 9.61. The molecule has 0 spiro atoms. The van der Waals surface area contributed by atoms with E-state index in [-0.39, 0.29) is 18.6 Å². The van der Waals surface area contributed by atoms with Gasteiger partial charge in [0, 0.05) is 18.1 Å². The van der Waals surface area contributed by atoms with Crippen LogP contribution in [0, 0.1) is 5.41 Å². The molecular formula is C25H38O5. The molecule has 0 radical (unpaired) electrons. The van der Waals surface area contributed by atoms with E-state index in [1.54, 1.807) is 0 Å². The number of carbonyl (C=O) groups excluding carboxylic acids is 1. The van der Waals surface area contributed by atoms with Crippen molar-refractivity contribution in [3.63, 3.8) is 0 Å². The van der Waals surface area contributed by atoms with Gasteiger partial charge >= 0.3 is 5.97 Å². The first-order valence-electron chi connectivity index (χ1n) is 11.0. The summed E-state index contributed by atoms with van der Waals surface area (Å²) in [5.74, 6) is -0.424. The maximum Gasteiger partial charge on any atom is 0.331 e. The normalized spacial score (nSPS) is 27.3. The number of aliphatic hydroxyl groups excluding tert-OH is 2. The van der Waals surface area contributed by atoms with E-state index >= 15 is 0 Å². The van der Waals surface area contributed by atoms with Gasteiger partial charge in [0.05, 0.1) is 18.8 Å². The number of ether oxygens (including phenoxy) is 1. The maximum absolute atomic E-state index is 11.3. The van der Waals surface area contributed by atoms with Gasteiger partial charge in [0.1, 0.15) is 6.10 Å². The van der Waals surface area contributed by atoms with Crippen molar-refractivity contribution in [2.75, 3.05) is 13.2 Å². The van der Waals surface area contributed by atoms with Gasteiger partial charge in [-0.1, -0.05) is 38.2 Å². The minimum absolute atomic E-state index is 0.0422. The summed E-state index contributed by atoms with van der Waals surface area (Å²) in [6.07, 6.45) is 11.4. The van der Waals surface area contributed by atoms with E-state index in [2.05, 4.69) is 33.4 Å². The predicted octanol–water partition coefficient (Wildman–Crippen LogP) is 4.14. The van der Waals surface area contributed by atoms with Crippen LogP contribution < -0.4 is 0 Å². The van der Waals surface area contributed by atoms with Crippen molar-refractivity contribution in [2.24, 2.45) is 5.41 Å². The average molecular weight is 419 g/mol. The lowest BCUT2D eigenvalue weighted by Gasteiger charge is -2.48. The highest BCUT2D eigenvalue weighted by atomic mass is 16.5. The van der Waals surface area contributed by atoms with Crippen molar-refractivity contribution < 1.29 is 24.9 Å². The molecule has 2 unspecified atom stereocenters. The molecule has 2 atom stereocenters. The van der Waals surface area contributed by atoms with Crippen LogP contribution in [0.1, 0.15) is 72.1 Å². The van der Waals surface area contributed by atoms with Gasteiger partial charge in [-0.25, -0.2) is 4.79 Å². The van der Waals surface area contributed by atoms with E-state index in [0.29, 0.717) is 18.4 Å². The van der Waals surface area contributed by atoms with Gasteiger partial charge in [-0.2, -0.15) is 0 Å². The topological polar surface area (TPSA) is 87.0 Å². The summed E-state index contributed by atoms with van der Waals surface area (Å²) in [7, 11) is 0. The van der Waals surface area contributed by atoms with Crippen LogP contribution in [0.4, 0.5) is 0 Å². The molecule has 0 amide bonds. The summed E-state index contributed by atoms with van der Waals surface area (Å²) in [5.41, 5.74) is 2.69. The Morgan fingerprint density at radius 2 is 2.03 bits per heavy atom. The third-order valence-electron chi connectivity index (χ3n) is 6.81. The quantitative estimate of drug-likeness (QED) is 0.367. The first-order chi connectivity index (χ1) is 14.1. The van der Waals surface area contributed by atoms with Crippen molar-refractivity contribution in [3.05, 3.63) is 47.1 Å². The van der Waals surface area contributed by atoms with Crippen LogP contribution in [-0.2, 0) is 9.53 Å². The van der Waals surface area contributed by atoms with Crippen molar-refractivity contribution >= 4 is 5.97 Å². The lowest BCUT2D eigenvalue weighted by Crippen LogP contribution is -2.48. The number of rotatable bonds is 10. The molecule has 30 heavy (non-hydrogen) atoms. The summed E-state index contributed by atoms with van der Waals surface area (Å²) in [4.78, 5) is 11.3. The van der Waals surface area contributed by atoms with Crippen LogP contribution in [0.5, 0.6) is 0 Å². The molecule has 0 aromatic rings. The first kappa shape index (κ1) is 24.6.